The van der Waals surface area contributed by atoms with E-state index in [0.717, 1.165) is 11.3 Å². The number of carboxylic acid groups (broad SMARTS) is 1. The Morgan fingerprint density at radius 2 is 2.31 bits per heavy atom. The third-order valence-corrected chi connectivity index (χ3v) is 4.41. The molecule has 0 saturated heterocycles. The summed E-state index contributed by atoms with van der Waals surface area (Å²) in [5.41, 5.74) is 0. The van der Waals surface area contributed by atoms with Crippen LogP contribution >= 0.6 is 11.3 Å². The van der Waals surface area contributed by atoms with Crippen LogP contribution < -0.4 is 4.72 Å². The second-order valence-electron chi connectivity index (χ2n) is 2.90. The van der Waals surface area contributed by atoms with E-state index in [2.05, 4.69) is 4.98 Å². The molecule has 0 aliphatic rings. The third-order valence-electron chi connectivity index (χ3n) is 1.62. The summed E-state index contributed by atoms with van der Waals surface area (Å²) in [6, 6.07) is 0. The topological polar surface area (TPSA) is 117 Å². The zero-order chi connectivity index (χ0) is 12.3. The third kappa shape index (κ3) is 3.23. The molecule has 0 unspecified atom stereocenters. The number of carbonyl (C=O) groups is 1. The molecule has 3 N–H and O–H groups in total. The molecule has 0 radical (unpaired) electrons. The molecule has 0 aliphatic heterocycles. The van der Waals surface area contributed by atoms with E-state index < -0.39 is 28.6 Å². The number of aryl methyl sites for hydroxylation is 1. The average Bonchev–Trinajstić information content (AvgIpc) is 2.61. The quantitative estimate of drug-likeness (QED) is 0.641. The predicted octanol–water partition coefficient (Wildman–Crippen LogP) is -0.825. The number of nitrogens with one attached hydrogen (secondary N) is 1. The SMILES string of the molecule is Cc1ncc(S(=O)(=O)NC[C@H](O)C(=O)O)s1. The normalized spacial score (nSPS) is 13.6. The van der Waals surface area contributed by atoms with Crippen molar-refractivity contribution in [2.24, 2.45) is 0 Å². The van der Waals surface area contributed by atoms with Gasteiger partial charge in [0.2, 0.25) is 0 Å². The van der Waals surface area contributed by atoms with Gasteiger partial charge in [0.05, 0.1) is 11.2 Å². The van der Waals surface area contributed by atoms with Gasteiger partial charge in [-0.15, -0.1) is 11.3 Å². The molecule has 0 aliphatic carbocycles. The molecule has 16 heavy (non-hydrogen) atoms. The van der Waals surface area contributed by atoms with Crippen LogP contribution in [0.25, 0.3) is 0 Å². The summed E-state index contributed by atoms with van der Waals surface area (Å²) >= 11 is 0.964. The monoisotopic (exact) mass is 266 g/mol. The lowest BCUT2D eigenvalue weighted by Crippen LogP contribution is -2.36. The van der Waals surface area contributed by atoms with Crippen LogP contribution in [-0.2, 0) is 14.8 Å². The molecular weight excluding hydrogens is 256 g/mol. The summed E-state index contributed by atoms with van der Waals surface area (Å²) in [6.45, 7) is 1.07. The number of thiazole rings is 1. The highest BCUT2D eigenvalue weighted by Gasteiger charge is 2.20. The molecule has 0 fully saturated rings. The maximum atomic E-state index is 11.5. The Morgan fingerprint density at radius 3 is 2.75 bits per heavy atom. The van der Waals surface area contributed by atoms with E-state index in [1.54, 1.807) is 6.92 Å². The van der Waals surface area contributed by atoms with Crippen LogP contribution in [-0.4, -0.2) is 42.2 Å². The fourth-order valence-corrected chi connectivity index (χ4v) is 3.00. The first-order valence-electron chi connectivity index (χ1n) is 4.16. The van der Waals surface area contributed by atoms with Gasteiger partial charge in [0.25, 0.3) is 10.0 Å². The molecule has 0 bridgehead atoms. The number of aliphatic carboxylic acids is 1. The standard InChI is InChI=1S/C7H10N2O5S2/c1-4-8-3-6(15-4)16(13,14)9-2-5(10)7(11)12/h3,5,9-10H,2H2,1H3,(H,11,12)/t5-/m0/s1. The van der Waals surface area contributed by atoms with Crippen molar-refractivity contribution in [3.63, 3.8) is 0 Å². The van der Waals surface area contributed by atoms with Crippen LogP contribution in [0.1, 0.15) is 5.01 Å². The van der Waals surface area contributed by atoms with E-state index in [0.29, 0.717) is 5.01 Å². The Bertz CT molecular complexity index is 481. The predicted molar refractivity (Wildman–Crippen MR) is 55.7 cm³/mol. The summed E-state index contributed by atoms with van der Waals surface area (Å²) in [4.78, 5) is 14.0. The van der Waals surface area contributed by atoms with E-state index in [1.807, 2.05) is 4.72 Å². The number of sulfonamides is 1. The zero-order valence-corrected chi connectivity index (χ0v) is 9.88. The zero-order valence-electron chi connectivity index (χ0n) is 8.24. The highest BCUT2D eigenvalue weighted by atomic mass is 32.2. The Kier molecular flexibility index (Phi) is 3.97. The van der Waals surface area contributed by atoms with Gasteiger partial charge >= 0.3 is 5.97 Å². The number of hydrogen-bond donors (Lipinski definition) is 3. The first-order chi connectivity index (χ1) is 7.33. The van der Waals surface area contributed by atoms with Crippen molar-refractivity contribution < 1.29 is 23.4 Å². The summed E-state index contributed by atoms with van der Waals surface area (Å²) in [5, 5.41) is 17.8. The summed E-state index contributed by atoms with van der Waals surface area (Å²) < 4.78 is 25.0. The molecule has 1 aromatic heterocycles. The molecule has 0 aromatic carbocycles. The van der Waals surface area contributed by atoms with Crippen LogP contribution in [0.2, 0.25) is 0 Å². The molecule has 1 aromatic rings. The van der Waals surface area contributed by atoms with Crippen molar-refractivity contribution in [3.8, 4) is 0 Å². The Hall–Kier alpha value is -1.03. The van der Waals surface area contributed by atoms with Crippen LogP contribution in [0, 0.1) is 6.92 Å². The fraction of sp³-hybridized carbons (Fsp3) is 0.429. The molecule has 0 spiro atoms. The van der Waals surface area contributed by atoms with Crippen molar-refractivity contribution in [3.05, 3.63) is 11.2 Å². The van der Waals surface area contributed by atoms with Gasteiger partial charge in [0, 0.05) is 6.54 Å². The van der Waals surface area contributed by atoms with Crippen molar-refractivity contribution in [2.45, 2.75) is 17.2 Å². The van der Waals surface area contributed by atoms with Gasteiger partial charge < -0.3 is 10.2 Å². The summed E-state index contributed by atoms with van der Waals surface area (Å²) in [5.74, 6) is -1.48. The molecular formula is C7H10N2O5S2. The highest BCUT2D eigenvalue weighted by molar-refractivity contribution is 7.91. The van der Waals surface area contributed by atoms with E-state index in [9.17, 15) is 13.2 Å². The molecule has 9 heteroatoms. The Balaban J connectivity index is 2.70. The Labute approximate surface area is 95.8 Å². The number of carboxylic acids is 1. The number of rotatable bonds is 5. The number of aliphatic hydroxyl groups is 1. The number of hydrogen-bond acceptors (Lipinski definition) is 6. The lowest BCUT2D eigenvalue weighted by Gasteiger charge is -2.06. The fourth-order valence-electron chi connectivity index (χ4n) is 0.813. The maximum absolute atomic E-state index is 11.5. The largest absolute Gasteiger partial charge is 0.479 e. The van der Waals surface area contributed by atoms with Gasteiger partial charge in [-0.2, -0.15) is 0 Å². The maximum Gasteiger partial charge on any atom is 0.333 e. The van der Waals surface area contributed by atoms with Gasteiger partial charge in [-0.05, 0) is 6.92 Å². The van der Waals surface area contributed by atoms with Crippen LogP contribution in [0.5, 0.6) is 0 Å². The van der Waals surface area contributed by atoms with Crippen molar-refractivity contribution in [1.82, 2.24) is 9.71 Å². The summed E-state index contributed by atoms with van der Waals surface area (Å²) in [7, 11) is -3.79. The highest BCUT2D eigenvalue weighted by Crippen LogP contribution is 2.17. The number of aromatic nitrogens is 1. The van der Waals surface area contributed by atoms with Crippen LogP contribution in [0.15, 0.2) is 10.4 Å². The average molecular weight is 266 g/mol. The first kappa shape index (κ1) is 13.0. The van der Waals surface area contributed by atoms with Gasteiger partial charge in [0.15, 0.2) is 10.3 Å². The minimum atomic E-state index is -3.79. The van der Waals surface area contributed by atoms with E-state index in [-0.39, 0.29) is 4.21 Å². The van der Waals surface area contributed by atoms with Crippen molar-refractivity contribution in [2.75, 3.05) is 6.54 Å². The minimum absolute atomic E-state index is 0.0115. The van der Waals surface area contributed by atoms with Crippen molar-refractivity contribution >= 4 is 27.3 Å². The molecule has 0 amide bonds. The molecule has 90 valence electrons. The first-order valence-corrected chi connectivity index (χ1v) is 6.46. The molecule has 1 rings (SSSR count). The van der Waals surface area contributed by atoms with Gasteiger partial charge in [-0.25, -0.2) is 22.9 Å². The number of aliphatic hydroxyl groups excluding tert-OH is 1. The summed E-state index contributed by atoms with van der Waals surface area (Å²) in [6.07, 6.45) is -0.584. The van der Waals surface area contributed by atoms with Crippen molar-refractivity contribution in [1.29, 1.82) is 0 Å². The van der Waals surface area contributed by atoms with E-state index >= 15 is 0 Å². The lowest BCUT2D eigenvalue weighted by atomic mass is 10.4. The molecule has 0 saturated carbocycles. The molecule has 1 atom stereocenters. The second-order valence-corrected chi connectivity index (χ2v) is 6.13. The van der Waals surface area contributed by atoms with Gasteiger partial charge in [0.1, 0.15) is 0 Å². The van der Waals surface area contributed by atoms with Gasteiger partial charge in [-0.1, -0.05) is 0 Å². The van der Waals surface area contributed by atoms with Crippen LogP contribution in [0.4, 0.5) is 0 Å². The van der Waals surface area contributed by atoms with Crippen LogP contribution in [0.3, 0.4) is 0 Å². The molecule has 1 heterocycles. The van der Waals surface area contributed by atoms with E-state index in [4.69, 9.17) is 10.2 Å². The van der Waals surface area contributed by atoms with Gasteiger partial charge in [-0.3, -0.25) is 0 Å². The molecule has 7 nitrogen and oxygen atoms in total. The second kappa shape index (κ2) is 4.87. The lowest BCUT2D eigenvalue weighted by molar-refractivity contribution is -0.146. The number of nitrogens with zero attached hydrogens (tertiary/aromatic N) is 1. The minimum Gasteiger partial charge on any atom is -0.479 e. The smallest absolute Gasteiger partial charge is 0.333 e. The Morgan fingerprint density at radius 1 is 1.69 bits per heavy atom. The van der Waals surface area contributed by atoms with E-state index in [1.165, 1.54) is 6.20 Å².